The minimum Gasteiger partial charge on any atom is -0.398 e. The molecule has 1 atom stereocenters. The molecule has 0 fully saturated rings. The van der Waals surface area contributed by atoms with E-state index in [2.05, 4.69) is 5.32 Å². The molecule has 0 aromatic heterocycles. The lowest BCUT2D eigenvalue weighted by Gasteiger charge is -2.11. The van der Waals surface area contributed by atoms with E-state index < -0.39 is 0 Å². The Balaban J connectivity index is 2.87. The second-order valence-electron chi connectivity index (χ2n) is 3.44. The van der Waals surface area contributed by atoms with Gasteiger partial charge in [0, 0.05) is 28.4 Å². The summed E-state index contributed by atoms with van der Waals surface area (Å²) >= 11 is 1.49. The van der Waals surface area contributed by atoms with Crippen LogP contribution in [-0.2, 0) is 0 Å². The van der Waals surface area contributed by atoms with Crippen molar-refractivity contribution >= 4 is 23.4 Å². The van der Waals surface area contributed by atoms with Crippen molar-refractivity contribution in [3.63, 3.8) is 0 Å². The summed E-state index contributed by atoms with van der Waals surface area (Å²) in [6.45, 7) is 2.01. The second kappa shape index (κ2) is 5.77. The largest absolute Gasteiger partial charge is 0.398 e. The van der Waals surface area contributed by atoms with Crippen molar-refractivity contribution in [2.45, 2.75) is 17.1 Å². The van der Waals surface area contributed by atoms with E-state index in [1.165, 1.54) is 11.8 Å². The number of hydrogen-bond donors (Lipinski definition) is 3. The zero-order chi connectivity index (χ0) is 12.1. The Morgan fingerprint density at radius 3 is 2.81 bits per heavy atom. The van der Waals surface area contributed by atoms with Crippen LogP contribution in [0.4, 0.5) is 5.69 Å². The number of carbonyl (C=O) groups excluding carboxylic acids is 1. The predicted octanol–water partition coefficient (Wildman–Crippen LogP) is 1.10. The van der Waals surface area contributed by atoms with E-state index in [9.17, 15) is 4.79 Å². The lowest BCUT2D eigenvalue weighted by Crippen LogP contribution is -2.17. The lowest BCUT2D eigenvalue weighted by atomic mass is 10.2. The van der Waals surface area contributed by atoms with Gasteiger partial charge in [0.25, 0.3) is 5.91 Å². The number of amides is 1. The SMILES string of the molecule is CNC(=O)c1ccc(SC(C)CO)c(N)c1. The molecular weight excluding hydrogens is 224 g/mol. The van der Waals surface area contributed by atoms with Crippen molar-refractivity contribution in [1.82, 2.24) is 5.32 Å². The van der Waals surface area contributed by atoms with Gasteiger partial charge in [0.2, 0.25) is 0 Å². The molecule has 1 rings (SSSR count). The molecular formula is C11H16N2O2S. The normalized spacial score (nSPS) is 12.2. The van der Waals surface area contributed by atoms with Crippen molar-refractivity contribution < 1.29 is 9.90 Å². The number of hydrogen-bond acceptors (Lipinski definition) is 4. The summed E-state index contributed by atoms with van der Waals surface area (Å²) < 4.78 is 0. The Morgan fingerprint density at radius 1 is 1.62 bits per heavy atom. The number of benzene rings is 1. The average molecular weight is 240 g/mol. The smallest absolute Gasteiger partial charge is 0.251 e. The molecule has 0 heterocycles. The van der Waals surface area contributed by atoms with Crippen LogP contribution in [0.5, 0.6) is 0 Å². The minimum absolute atomic E-state index is 0.0909. The van der Waals surface area contributed by atoms with Gasteiger partial charge in [-0.05, 0) is 18.2 Å². The van der Waals surface area contributed by atoms with Gasteiger partial charge in [-0.1, -0.05) is 6.92 Å². The number of aliphatic hydroxyl groups excluding tert-OH is 1. The van der Waals surface area contributed by atoms with Crippen molar-refractivity contribution in [3.8, 4) is 0 Å². The fraction of sp³-hybridized carbons (Fsp3) is 0.364. The van der Waals surface area contributed by atoms with Gasteiger partial charge in [-0.15, -0.1) is 11.8 Å². The standard InChI is InChI=1S/C11H16N2O2S/c1-7(6-14)16-10-4-3-8(5-9(10)12)11(15)13-2/h3-5,7,14H,6,12H2,1-2H3,(H,13,15). The predicted molar refractivity (Wildman–Crippen MR) is 66.6 cm³/mol. The molecule has 0 saturated heterocycles. The van der Waals surface area contributed by atoms with Gasteiger partial charge in [0.1, 0.15) is 0 Å². The van der Waals surface area contributed by atoms with Crippen LogP contribution in [0.25, 0.3) is 0 Å². The molecule has 4 N–H and O–H groups in total. The van der Waals surface area contributed by atoms with Gasteiger partial charge in [-0.25, -0.2) is 0 Å². The summed E-state index contributed by atoms with van der Waals surface area (Å²) in [7, 11) is 1.58. The van der Waals surface area contributed by atoms with Crippen LogP contribution in [0.15, 0.2) is 23.1 Å². The van der Waals surface area contributed by atoms with E-state index in [0.717, 1.165) is 4.90 Å². The number of nitrogens with two attached hydrogens (primary N) is 1. The van der Waals surface area contributed by atoms with Gasteiger partial charge in [-0.2, -0.15) is 0 Å². The van der Waals surface area contributed by atoms with E-state index >= 15 is 0 Å². The molecule has 0 aliphatic carbocycles. The summed E-state index contributed by atoms with van der Waals surface area (Å²) in [4.78, 5) is 12.2. The maximum Gasteiger partial charge on any atom is 0.251 e. The molecule has 0 bridgehead atoms. The molecule has 88 valence electrons. The molecule has 0 radical (unpaired) electrons. The number of nitrogens with one attached hydrogen (secondary N) is 1. The van der Waals surface area contributed by atoms with Gasteiger partial charge >= 0.3 is 0 Å². The summed E-state index contributed by atoms with van der Waals surface area (Å²) in [6.07, 6.45) is 0. The molecule has 1 amide bonds. The first-order chi connectivity index (χ1) is 7.58. The van der Waals surface area contributed by atoms with Gasteiger partial charge in [0.05, 0.1) is 6.61 Å². The molecule has 0 spiro atoms. The number of thioether (sulfide) groups is 1. The van der Waals surface area contributed by atoms with E-state index in [4.69, 9.17) is 10.8 Å². The maximum absolute atomic E-state index is 11.3. The van der Waals surface area contributed by atoms with Crippen LogP contribution in [0.1, 0.15) is 17.3 Å². The highest BCUT2D eigenvalue weighted by atomic mass is 32.2. The monoisotopic (exact) mass is 240 g/mol. The van der Waals surface area contributed by atoms with Crippen LogP contribution in [-0.4, -0.2) is 29.9 Å². The number of carbonyl (C=O) groups is 1. The molecule has 1 unspecified atom stereocenters. The molecule has 5 heteroatoms. The average Bonchev–Trinajstić information content (AvgIpc) is 2.30. The topological polar surface area (TPSA) is 75.3 Å². The third-order valence-corrected chi connectivity index (χ3v) is 3.26. The van der Waals surface area contributed by atoms with Crippen molar-refractivity contribution in [2.75, 3.05) is 19.4 Å². The molecule has 0 aliphatic heterocycles. The fourth-order valence-electron chi connectivity index (χ4n) is 1.20. The van der Waals surface area contributed by atoms with Crippen molar-refractivity contribution in [1.29, 1.82) is 0 Å². The summed E-state index contributed by atoms with van der Waals surface area (Å²) in [5.74, 6) is -0.154. The number of anilines is 1. The zero-order valence-electron chi connectivity index (χ0n) is 9.36. The first-order valence-corrected chi connectivity index (χ1v) is 5.85. The Bertz CT molecular complexity index is 382. The summed E-state index contributed by atoms with van der Waals surface area (Å²) in [5, 5.41) is 11.6. The number of rotatable bonds is 4. The van der Waals surface area contributed by atoms with Gasteiger partial charge in [-0.3, -0.25) is 4.79 Å². The Kier molecular flexibility index (Phi) is 4.64. The number of aliphatic hydroxyl groups is 1. The highest BCUT2D eigenvalue weighted by Gasteiger charge is 2.09. The third-order valence-electron chi connectivity index (χ3n) is 2.08. The molecule has 1 aromatic rings. The zero-order valence-corrected chi connectivity index (χ0v) is 10.2. The van der Waals surface area contributed by atoms with Crippen LogP contribution < -0.4 is 11.1 Å². The third kappa shape index (κ3) is 3.15. The van der Waals surface area contributed by atoms with E-state index in [0.29, 0.717) is 11.3 Å². The molecule has 1 aromatic carbocycles. The van der Waals surface area contributed by atoms with E-state index in [1.54, 1.807) is 25.2 Å². The summed E-state index contributed by atoms with van der Waals surface area (Å²) in [5.41, 5.74) is 6.94. The van der Waals surface area contributed by atoms with Crippen molar-refractivity contribution in [3.05, 3.63) is 23.8 Å². The second-order valence-corrected chi connectivity index (χ2v) is 4.92. The van der Waals surface area contributed by atoms with Crippen molar-refractivity contribution in [2.24, 2.45) is 0 Å². The summed E-state index contributed by atoms with van der Waals surface area (Å²) in [6, 6.07) is 5.17. The first-order valence-electron chi connectivity index (χ1n) is 4.97. The van der Waals surface area contributed by atoms with E-state index in [1.807, 2.05) is 6.92 Å². The Morgan fingerprint density at radius 2 is 2.31 bits per heavy atom. The highest BCUT2D eigenvalue weighted by Crippen LogP contribution is 2.29. The van der Waals surface area contributed by atoms with Gasteiger partial charge < -0.3 is 16.2 Å². The minimum atomic E-state index is -0.154. The molecule has 16 heavy (non-hydrogen) atoms. The van der Waals surface area contributed by atoms with Crippen LogP contribution >= 0.6 is 11.8 Å². The molecule has 0 aliphatic rings. The molecule has 0 saturated carbocycles. The molecule has 4 nitrogen and oxygen atoms in total. The fourth-order valence-corrected chi connectivity index (χ4v) is 2.05. The van der Waals surface area contributed by atoms with Crippen LogP contribution in [0.2, 0.25) is 0 Å². The quantitative estimate of drug-likeness (QED) is 0.544. The van der Waals surface area contributed by atoms with Crippen LogP contribution in [0, 0.1) is 0 Å². The maximum atomic E-state index is 11.3. The van der Waals surface area contributed by atoms with Crippen LogP contribution in [0.3, 0.4) is 0 Å². The Labute approximate surface area is 99.2 Å². The number of nitrogen functional groups attached to an aromatic ring is 1. The van der Waals surface area contributed by atoms with Gasteiger partial charge in [0.15, 0.2) is 0 Å². The van der Waals surface area contributed by atoms with E-state index in [-0.39, 0.29) is 17.8 Å². The lowest BCUT2D eigenvalue weighted by molar-refractivity contribution is 0.0963. The Hall–Kier alpha value is -1.20. The first kappa shape index (κ1) is 12.9. The highest BCUT2D eigenvalue weighted by molar-refractivity contribution is 8.00.